The molecule has 0 aliphatic rings. The third-order valence-corrected chi connectivity index (χ3v) is 5.80. The first-order valence-corrected chi connectivity index (χ1v) is 9.64. The number of ether oxygens (including phenoxy) is 1. The van der Waals surface area contributed by atoms with Crippen LogP contribution in [0.25, 0.3) is 20.7 Å². The Kier molecular flexibility index (Phi) is 5.01. The molecule has 0 aliphatic carbocycles. The van der Waals surface area contributed by atoms with E-state index in [9.17, 15) is 5.11 Å². The fraction of sp³-hybridized carbons (Fsp3) is 0.0952. The van der Waals surface area contributed by atoms with Crippen molar-refractivity contribution in [1.82, 2.24) is 9.97 Å². The first kappa shape index (κ1) is 18.7. The molecule has 0 amide bonds. The minimum absolute atomic E-state index is 0.0582. The molecule has 2 aromatic heterocycles. The van der Waals surface area contributed by atoms with Gasteiger partial charge in [-0.15, -0.1) is 11.3 Å². The van der Waals surface area contributed by atoms with Crippen LogP contribution in [0.2, 0.25) is 0 Å². The molecule has 0 atom stereocenters. The maximum Gasteiger partial charge on any atom is 0.167 e. The van der Waals surface area contributed by atoms with Gasteiger partial charge in [-0.2, -0.15) is 5.10 Å². The molecule has 0 saturated carbocycles. The highest BCUT2D eigenvalue weighted by molar-refractivity contribution is 7.23. The van der Waals surface area contributed by atoms with E-state index in [2.05, 4.69) is 20.5 Å². The Balaban J connectivity index is 1.63. The highest BCUT2D eigenvalue weighted by Gasteiger charge is 2.15. The Morgan fingerprint density at radius 1 is 1.17 bits per heavy atom. The van der Waals surface area contributed by atoms with E-state index in [4.69, 9.17) is 10.5 Å². The van der Waals surface area contributed by atoms with E-state index < -0.39 is 0 Å². The van der Waals surface area contributed by atoms with Gasteiger partial charge in [0, 0.05) is 10.6 Å². The van der Waals surface area contributed by atoms with Crippen molar-refractivity contribution in [1.29, 1.82) is 0 Å². The van der Waals surface area contributed by atoms with Gasteiger partial charge >= 0.3 is 0 Å². The summed E-state index contributed by atoms with van der Waals surface area (Å²) in [5.41, 5.74) is 13.3. The number of aromatic hydroxyl groups is 1. The number of anilines is 2. The molecule has 0 fully saturated rings. The number of hydrogen-bond acceptors (Lipinski definition) is 8. The van der Waals surface area contributed by atoms with Gasteiger partial charge in [-0.25, -0.2) is 9.97 Å². The van der Waals surface area contributed by atoms with Crippen molar-refractivity contribution < 1.29 is 9.84 Å². The summed E-state index contributed by atoms with van der Waals surface area (Å²) in [5, 5.41) is 14.1. The summed E-state index contributed by atoms with van der Waals surface area (Å²) in [6, 6.07) is 12.8. The number of nitrogens with two attached hydrogens (primary N) is 1. The number of phenolic OH excluding ortho intramolecular Hbond substituents is 1. The van der Waals surface area contributed by atoms with Gasteiger partial charge in [0.15, 0.2) is 17.3 Å². The summed E-state index contributed by atoms with van der Waals surface area (Å²) in [5.74, 6) is 1.10. The van der Waals surface area contributed by atoms with E-state index in [1.807, 2.05) is 31.2 Å². The number of benzene rings is 2. The van der Waals surface area contributed by atoms with E-state index in [1.54, 1.807) is 35.8 Å². The monoisotopic (exact) mass is 405 g/mol. The van der Waals surface area contributed by atoms with Gasteiger partial charge in [0.05, 0.1) is 23.5 Å². The zero-order valence-corrected chi connectivity index (χ0v) is 16.7. The van der Waals surface area contributed by atoms with E-state index in [-0.39, 0.29) is 5.75 Å². The predicted molar refractivity (Wildman–Crippen MR) is 118 cm³/mol. The van der Waals surface area contributed by atoms with Crippen molar-refractivity contribution in [3.8, 4) is 21.9 Å². The number of rotatable bonds is 5. The third-order valence-electron chi connectivity index (χ3n) is 4.46. The lowest BCUT2D eigenvalue weighted by Gasteiger charge is -2.03. The van der Waals surface area contributed by atoms with Crippen molar-refractivity contribution in [2.24, 2.45) is 5.10 Å². The van der Waals surface area contributed by atoms with E-state index in [1.165, 1.54) is 13.4 Å². The number of hydrogen-bond donors (Lipinski definition) is 3. The van der Waals surface area contributed by atoms with Gasteiger partial charge in [0.25, 0.3) is 0 Å². The number of hydrazone groups is 1. The van der Waals surface area contributed by atoms with Gasteiger partial charge in [-0.3, -0.25) is 5.43 Å². The van der Waals surface area contributed by atoms with Crippen LogP contribution < -0.4 is 15.9 Å². The summed E-state index contributed by atoms with van der Waals surface area (Å²) in [6.45, 7) is 2.05. The molecule has 4 aromatic rings. The van der Waals surface area contributed by atoms with Crippen LogP contribution in [-0.2, 0) is 0 Å². The zero-order chi connectivity index (χ0) is 20.4. The zero-order valence-electron chi connectivity index (χ0n) is 15.9. The quantitative estimate of drug-likeness (QED) is 0.258. The molecule has 0 bridgehead atoms. The largest absolute Gasteiger partial charge is 0.504 e. The Hall–Kier alpha value is -3.65. The van der Waals surface area contributed by atoms with E-state index in [0.29, 0.717) is 11.6 Å². The highest BCUT2D eigenvalue weighted by Crippen LogP contribution is 2.39. The molecule has 4 N–H and O–H groups in total. The van der Waals surface area contributed by atoms with Crippen LogP contribution in [0.5, 0.6) is 11.5 Å². The molecule has 0 spiro atoms. The molecular formula is C21H19N5O2S. The number of methoxy groups -OCH3 is 1. The third kappa shape index (κ3) is 3.70. The number of nitrogen functional groups attached to an aromatic ring is 1. The van der Waals surface area contributed by atoms with Crippen LogP contribution in [0.3, 0.4) is 0 Å². The van der Waals surface area contributed by atoms with Gasteiger partial charge in [0.1, 0.15) is 6.33 Å². The molecule has 8 heteroatoms. The lowest BCUT2D eigenvalue weighted by molar-refractivity contribution is 0.373. The van der Waals surface area contributed by atoms with Gasteiger partial charge < -0.3 is 15.6 Å². The van der Waals surface area contributed by atoms with Crippen molar-refractivity contribution in [3.63, 3.8) is 0 Å². The predicted octanol–water partition coefficient (Wildman–Crippen LogP) is 4.41. The molecule has 2 heterocycles. The topological polar surface area (TPSA) is 106 Å². The standard InChI is InChI=1S/C21H19N5O2S/c1-12-18-20(29-19(12)14-4-6-15(22)7-5-14)21(24-11-23-18)26-25-10-13-3-8-17(28-2)16(27)9-13/h3-11,27H,22H2,1-2H3,(H,23,24,26)/b25-10+. The van der Waals surface area contributed by atoms with Gasteiger partial charge in [0.2, 0.25) is 0 Å². The molecule has 0 radical (unpaired) electrons. The van der Waals surface area contributed by atoms with Crippen LogP contribution in [0.4, 0.5) is 11.5 Å². The van der Waals surface area contributed by atoms with Crippen LogP contribution >= 0.6 is 11.3 Å². The van der Waals surface area contributed by atoms with Crippen LogP contribution in [-0.4, -0.2) is 28.4 Å². The second-order valence-electron chi connectivity index (χ2n) is 6.38. The number of nitrogens with one attached hydrogen (secondary N) is 1. The maximum absolute atomic E-state index is 9.87. The summed E-state index contributed by atoms with van der Waals surface area (Å²) in [7, 11) is 1.51. The van der Waals surface area contributed by atoms with Crippen molar-refractivity contribution in [3.05, 3.63) is 59.9 Å². The second kappa shape index (κ2) is 7.76. The first-order valence-electron chi connectivity index (χ1n) is 8.83. The average Bonchev–Trinajstić information content (AvgIpc) is 3.06. The molecular weight excluding hydrogens is 386 g/mol. The number of aromatic nitrogens is 2. The minimum atomic E-state index is 0.0582. The minimum Gasteiger partial charge on any atom is -0.504 e. The SMILES string of the molecule is COc1ccc(/C=N/Nc2ncnc3c(C)c(-c4ccc(N)cc4)sc23)cc1O. The van der Waals surface area contributed by atoms with Crippen molar-refractivity contribution in [2.45, 2.75) is 6.92 Å². The summed E-state index contributed by atoms with van der Waals surface area (Å²) >= 11 is 1.60. The molecule has 146 valence electrons. The molecule has 0 saturated heterocycles. The normalized spacial score (nSPS) is 11.2. The Morgan fingerprint density at radius 3 is 2.69 bits per heavy atom. The van der Waals surface area contributed by atoms with Gasteiger partial charge in [-0.1, -0.05) is 12.1 Å². The number of nitrogens with zero attached hydrogens (tertiary/aromatic N) is 3. The highest BCUT2D eigenvalue weighted by atomic mass is 32.1. The van der Waals surface area contributed by atoms with Gasteiger partial charge in [-0.05, 0) is 53.9 Å². The number of fused-ring (bicyclic) bond motifs is 1. The molecule has 7 nitrogen and oxygen atoms in total. The smallest absolute Gasteiger partial charge is 0.167 e. The molecule has 29 heavy (non-hydrogen) atoms. The Bertz CT molecular complexity index is 1200. The summed E-state index contributed by atoms with van der Waals surface area (Å²) < 4.78 is 5.97. The fourth-order valence-corrected chi connectivity index (χ4v) is 4.17. The van der Waals surface area contributed by atoms with Crippen molar-refractivity contribution >= 4 is 39.3 Å². The van der Waals surface area contributed by atoms with Crippen LogP contribution in [0.15, 0.2) is 53.9 Å². The number of aryl methyl sites for hydroxylation is 1. The van der Waals surface area contributed by atoms with E-state index in [0.717, 1.165) is 37.5 Å². The van der Waals surface area contributed by atoms with Crippen molar-refractivity contribution in [2.75, 3.05) is 18.3 Å². The van der Waals surface area contributed by atoms with E-state index >= 15 is 0 Å². The second-order valence-corrected chi connectivity index (χ2v) is 7.40. The number of thiophene rings is 1. The average molecular weight is 405 g/mol. The maximum atomic E-state index is 9.87. The molecule has 0 aliphatic heterocycles. The Labute approximate surface area is 171 Å². The van der Waals surface area contributed by atoms with Crippen LogP contribution in [0, 0.1) is 6.92 Å². The summed E-state index contributed by atoms with van der Waals surface area (Å²) in [4.78, 5) is 9.89. The van der Waals surface area contributed by atoms with Crippen LogP contribution in [0.1, 0.15) is 11.1 Å². The molecule has 4 rings (SSSR count). The molecule has 2 aromatic carbocycles. The summed E-state index contributed by atoms with van der Waals surface area (Å²) in [6.07, 6.45) is 3.13. The first-order chi connectivity index (χ1) is 14.1. The number of phenols is 1. The lowest BCUT2D eigenvalue weighted by atomic mass is 10.1. The lowest BCUT2D eigenvalue weighted by Crippen LogP contribution is -1.95. The fourth-order valence-electron chi connectivity index (χ4n) is 2.97. The molecule has 0 unspecified atom stereocenters. The Morgan fingerprint density at radius 2 is 1.97 bits per heavy atom.